The lowest BCUT2D eigenvalue weighted by Crippen LogP contribution is -2.51. The van der Waals surface area contributed by atoms with Gasteiger partial charge in [-0.15, -0.1) is 0 Å². The van der Waals surface area contributed by atoms with Crippen LogP contribution in [0.4, 0.5) is 0 Å². The number of likely N-dealkylation sites (tertiary alicyclic amines) is 1. The number of carbonyl (C=O) groups excluding carboxylic acids is 3. The number of hydrogen-bond donors (Lipinski definition) is 0. The van der Waals surface area contributed by atoms with Crippen molar-refractivity contribution in [3.63, 3.8) is 0 Å². The molecule has 5 rings (SSSR count). The molecule has 0 N–H and O–H groups in total. The van der Waals surface area contributed by atoms with Crippen molar-refractivity contribution in [1.29, 1.82) is 0 Å². The molecule has 1 saturated heterocycles. The molecule has 0 aromatic carbocycles. The number of amides is 1. The summed E-state index contributed by atoms with van der Waals surface area (Å²) in [5.74, 6) is 2.13. The van der Waals surface area contributed by atoms with E-state index in [2.05, 4.69) is 25.1 Å². The predicted molar refractivity (Wildman–Crippen MR) is 136 cm³/mol. The number of carbonyl (C=O) groups is 3. The number of Topliss-reactive ketones (excluding diaryl/α,β-unsaturated/α-hetero) is 1. The maximum atomic E-state index is 12.6. The molecule has 1 aliphatic heterocycles. The second kappa shape index (κ2) is 9.60. The van der Waals surface area contributed by atoms with E-state index < -0.39 is 6.04 Å². The zero-order valence-corrected chi connectivity index (χ0v) is 22.4. The summed E-state index contributed by atoms with van der Waals surface area (Å²) in [5, 5.41) is 4.34. The van der Waals surface area contributed by atoms with Crippen LogP contribution >= 0.6 is 0 Å². The third-order valence-corrected chi connectivity index (χ3v) is 10.9. The van der Waals surface area contributed by atoms with Crippen molar-refractivity contribution in [3.05, 3.63) is 11.6 Å². The molecule has 1 amide bonds. The molecule has 7 nitrogen and oxygen atoms in total. The number of rotatable bonds is 5. The molecule has 0 aromatic rings. The highest BCUT2D eigenvalue weighted by atomic mass is 16.6. The number of nitrogens with zero attached hydrogens (tertiary/aromatic N) is 2. The fourth-order valence-electron chi connectivity index (χ4n) is 9.01. The molecule has 4 aliphatic carbocycles. The van der Waals surface area contributed by atoms with Crippen LogP contribution in [0.1, 0.15) is 85.0 Å². The second-order valence-electron chi connectivity index (χ2n) is 12.4. The monoisotopic (exact) mass is 498 g/mol. The van der Waals surface area contributed by atoms with E-state index in [-0.39, 0.29) is 35.2 Å². The van der Waals surface area contributed by atoms with Crippen LogP contribution in [0.25, 0.3) is 0 Å². The van der Waals surface area contributed by atoms with E-state index in [0.29, 0.717) is 36.5 Å². The summed E-state index contributed by atoms with van der Waals surface area (Å²) in [6, 6.07) is -0.505. The summed E-state index contributed by atoms with van der Waals surface area (Å²) in [6.07, 6.45) is 12.5. The van der Waals surface area contributed by atoms with Gasteiger partial charge in [-0.25, -0.2) is 4.79 Å². The lowest BCUT2D eigenvalue weighted by Gasteiger charge is -2.58. The van der Waals surface area contributed by atoms with Gasteiger partial charge in [0, 0.05) is 12.5 Å². The van der Waals surface area contributed by atoms with Crippen LogP contribution in [-0.4, -0.2) is 54.6 Å². The number of oxime groups is 1. The molecule has 5 aliphatic rings. The lowest BCUT2D eigenvalue weighted by atomic mass is 9.46. The van der Waals surface area contributed by atoms with E-state index in [1.165, 1.54) is 38.4 Å². The lowest BCUT2D eigenvalue weighted by molar-refractivity contribution is -0.152. The van der Waals surface area contributed by atoms with Gasteiger partial charge in [-0.05, 0) is 106 Å². The Morgan fingerprint density at radius 3 is 2.61 bits per heavy atom. The van der Waals surface area contributed by atoms with E-state index in [4.69, 9.17) is 9.57 Å². The summed E-state index contributed by atoms with van der Waals surface area (Å²) < 4.78 is 4.83. The zero-order valence-electron chi connectivity index (χ0n) is 22.4. The topological polar surface area (TPSA) is 85.3 Å². The van der Waals surface area contributed by atoms with Gasteiger partial charge in [0.2, 0.25) is 0 Å². The van der Waals surface area contributed by atoms with Gasteiger partial charge < -0.3 is 14.5 Å². The van der Waals surface area contributed by atoms with Crippen LogP contribution in [0, 0.1) is 34.5 Å². The van der Waals surface area contributed by atoms with E-state index >= 15 is 0 Å². The summed E-state index contributed by atoms with van der Waals surface area (Å²) in [7, 11) is 1.35. The quantitative estimate of drug-likeness (QED) is 0.405. The van der Waals surface area contributed by atoms with Gasteiger partial charge in [-0.3, -0.25) is 9.59 Å². The average molecular weight is 499 g/mol. The average Bonchev–Trinajstić information content (AvgIpc) is 3.48. The number of fused-ring (bicyclic) bond motifs is 5. The van der Waals surface area contributed by atoms with E-state index in [1.54, 1.807) is 11.8 Å². The number of hydrogen-bond acceptors (Lipinski definition) is 6. The van der Waals surface area contributed by atoms with Gasteiger partial charge in [0.25, 0.3) is 5.91 Å². The summed E-state index contributed by atoms with van der Waals surface area (Å²) >= 11 is 0. The maximum Gasteiger partial charge on any atom is 0.328 e. The molecule has 3 saturated carbocycles. The normalized spacial score (nSPS) is 40.7. The minimum absolute atomic E-state index is 0.153. The molecule has 4 fully saturated rings. The van der Waals surface area contributed by atoms with Gasteiger partial charge in [0.15, 0.2) is 6.61 Å². The molecule has 0 aromatic heterocycles. The highest BCUT2D eigenvalue weighted by Gasteiger charge is 2.59. The van der Waals surface area contributed by atoms with Crippen molar-refractivity contribution in [3.8, 4) is 0 Å². The Morgan fingerprint density at radius 2 is 1.86 bits per heavy atom. The number of ketones is 1. The van der Waals surface area contributed by atoms with Crippen molar-refractivity contribution in [2.45, 2.75) is 91.0 Å². The molecule has 7 atom stereocenters. The molecule has 7 unspecified atom stereocenters. The van der Waals surface area contributed by atoms with Crippen molar-refractivity contribution in [2.75, 3.05) is 20.3 Å². The largest absolute Gasteiger partial charge is 0.467 e. The number of methoxy groups -OCH3 is 1. The molecular weight excluding hydrogens is 456 g/mol. The molecule has 0 radical (unpaired) electrons. The van der Waals surface area contributed by atoms with E-state index in [0.717, 1.165) is 37.8 Å². The van der Waals surface area contributed by atoms with Crippen molar-refractivity contribution >= 4 is 23.4 Å². The second-order valence-corrected chi connectivity index (χ2v) is 12.4. The number of esters is 1. The first-order valence-corrected chi connectivity index (χ1v) is 14.0. The molecule has 198 valence electrons. The van der Waals surface area contributed by atoms with Gasteiger partial charge >= 0.3 is 5.97 Å². The molecule has 1 heterocycles. The summed E-state index contributed by atoms with van der Waals surface area (Å²) in [6.45, 7) is 7.06. The Balaban J connectivity index is 1.23. The molecule has 36 heavy (non-hydrogen) atoms. The number of ether oxygens (including phenoxy) is 1. The van der Waals surface area contributed by atoms with Crippen molar-refractivity contribution in [2.24, 2.45) is 39.7 Å². The van der Waals surface area contributed by atoms with Crippen molar-refractivity contribution in [1.82, 2.24) is 4.90 Å². The van der Waals surface area contributed by atoms with Crippen LogP contribution in [0.3, 0.4) is 0 Å². The first-order valence-electron chi connectivity index (χ1n) is 14.0. The van der Waals surface area contributed by atoms with Crippen molar-refractivity contribution < 1.29 is 24.0 Å². The Labute approximate surface area is 215 Å². The highest BCUT2D eigenvalue weighted by Crippen LogP contribution is 2.66. The van der Waals surface area contributed by atoms with Gasteiger partial charge in [0.05, 0.1) is 12.8 Å². The zero-order chi connectivity index (χ0) is 25.7. The Morgan fingerprint density at radius 1 is 1.06 bits per heavy atom. The van der Waals surface area contributed by atoms with Crippen LogP contribution in [-0.2, 0) is 24.0 Å². The van der Waals surface area contributed by atoms with Gasteiger partial charge in [-0.2, -0.15) is 0 Å². The fraction of sp³-hybridized carbons (Fsp3) is 0.793. The van der Waals surface area contributed by atoms with Crippen LogP contribution in [0.15, 0.2) is 16.8 Å². The first-order chi connectivity index (χ1) is 17.2. The van der Waals surface area contributed by atoms with Gasteiger partial charge in [-0.1, -0.05) is 24.6 Å². The summed E-state index contributed by atoms with van der Waals surface area (Å²) in [4.78, 5) is 44.0. The van der Waals surface area contributed by atoms with E-state index in [9.17, 15) is 14.4 Å². The Bertz CT molecular complexity index is 988. The van der Waals surface area contributed by atoms with Crippen LogP contribution in [0.5, 0.6) is 0 Å². The highest BCUT2D eigenvalue weighted by molar-refractivity contribution is 5.96. The third kappa shape index (κ3) is 4.10. The van der Waals surface area contributed by atoms with Crippen LogP contribution < -0.4 is 0 Å². The minimum Gasteiger partial charge on any atom is -0.467 e. The maximum absolute atomic E-state index is 12.6. The molecule has 0 spiro atoms. The standard InChI is InChI=1S/C29H42N2O5/c1-18(32)22-9-10-23-21-8-7-19-16-20(11-13-28(19,2)24(21)12-14-29(22,23)3)30-36-17-26(33)31-15-5-6-25(31)27(34)35-4/h16,21-25H,5-15,17H2,1-4H3. The van der Waals surface area contributed by atoms with Gasteiger partial charge in [0.1, 0.15) is 11.8 Å². The minimum atomic E-state index is -0.505. The fourth-order valence-corrected chi connectivity index (χ4v) is 9.01. The smallest absolute Gasteiger partial charge is 0.328 e. The first kappa shape index (κ1) is 25.5. The Kier molecular flexibility index (Phi) is 6.80. The summed E-state index contributed by atoms with van der Waals surface area (Å²) in [5.41, 5.74) is 2.78. The molecular formula is C29H42N2O5. The molecule has 0 bridgehead atoms. The van der Waals surface area contributed by atoms with Crippen LogP contribution in [0.2, 0.25) is 0 Å². The van der Waals surface area contributed by atoms with E-state index in [1.807, 2.05) is 0 Å². The number of allylic oxidation sites excluding steroid dienone is 2. The SMILES string of the molecule is COC(=O)C1CCCN1C(=O)CON=C1C=C2CCC3C(CCC4(C)C(C(C)=O)CCC34)C2(C)CC1. The molecule has 7 heteroatoms. The Hall–Kier alpha value is -2.18. The third-order valence-electron chi connectivity index (χ3n) is 10.9. The predicted octanol–water partition coefficient (Wildman–Crippen LogP) is 4.69.